The van der Waals surface area contributed by atoms with Crippen molar-refractivity contribution in [3.05, 3.63) is 0 Å². The Hall–Kier alpha value is -2.45. The van der Waals surface area contributed by atoms with Gasteiger partial charge in [-0.05, 0) is 52.6 Å². The van der Waals surface area contributed by atoms with Gasteiger partial charge < -0.3 is 31.1 Å². The number of ketones is 2. The molecule has 2 atom stereocenters. The van der Waals surface area contributed by atoms with Crippen LogP contribution in [-0.4, -0.2) is 94.0 Å². The first-order chi connectivity index (χ1) is 15.4. The number of carboxylic acids is 1. The van der Waals surface area contributed by atoms with E-state index in [1.165, 1.54) is 13.8 Å². The van der Waals surface area contributed by atoms with Crippen molar-refractivity contribution in [1.29, 1.82) is 0 Å². The first-order valence-corrected chi connectivity index (χ1v) is 10.7. The smallest absolute Gasteiger partial charge is 0.336 e. The molecule has 0 saturated heterocycles. The highest BCUT2D eigenvalue weighted by atomic mass is 16.4. The summed E-state index contributed by atoms with van der Waals surface area (Å²) in [4.78, 5) is 57.2. The zero-order chi connectivity index (χ0) is 25.4. The lowest BCUT2D eigenvalue weighted by Gasteiger charge is -2.22. The lowest BCUT2D eigenvalue weighted by atomic mass is 9.94. The Morgan fingerprint density at radius 3 is 1.33 bits per heavy atom. The molecule has 0 aliphatic rings. The van der Waals surface area contributed by atoms with Gasteiger partial charge in [0.25, 0.3) is 0 Å². The highest BCUT2D eigenvalue weighted by Gasteiger charge is 2.40. The number of aliphatic carboxylic acids is 1. The number of amides is 2. The number of carboxylic acid groups (broad SMARTS) is 1. The molecule has 0 heterocycles. The lowest BCUT2D eigenvalue weighted by Crippen LogP contribution is -2.47. The summed E-state index contributed by atoms with van der Waals surface area (Å²) in [5.74, 6) is -4.00. The van der Waals surface area contributed by atoms with E-state index in [1.807, 2.05) is 0 Å². The number of aliphatic hydroxyl groups excluding tert-OH is 2. The minimum Gasteiger partial charge on any atom is -0.479 e. The average molecular weight is 477 g/mol. The van der Waals surface area contributed by atoms with E-state index in [9.17, 15) is 44.4 Å². The largest absolute Gasteiger partial charge is 0.479 e. The molecule has 0 unspecified atom stereocenters. The second kappa shape index (κ2) is 16.2. The Bertz CT molecular complexity index is 626. The number of unbranched alkanes of at least 4 members (excludes halogenated alkanes) is 2. The van der Waals surface area contributed by atoms with Crippen LogP contribution in [0.1, 0.15) is 52.4 Å². The molecule has 13 heteroatoms. The van der Waals surface area contributed by atoms with Crippen LogP contribution in [0, 0.1) is 0 Å². The third kappa shape index (κ3) is 14.3. The van der Waals surface area contributed by atoms with Gasteiger partial charge in [-0.1, -0.05) is 0 Å². The summed E-state index contributed by atoms with van der Waals surface area (Å²) in [6.07, 6.45) is -2.08. The summed E-state index contributed by atoms with van der Waals surface area (Å²) in [6.45, 7) is 3.52. The number of hydrogen-bond acceptors (Lipinski definition) is 10. The van der Waals surface area contributed by atoms with Crippen molar-refractivity contribution in [2.75, 3.05) is 26.2 Å². The van der Waals surface area contributed by atoms with Gasteiger partial charge in [-0.3, -0.25) is 29.8 Å². The molecule has 0 fully saturated rings. The monoisotopic (exact) mass is 476 g/mol. The Kier molecular flexibility index (Phi) is 15.0. The van der Waals surface area contributed by atoms with Crippen molar-refractivity contribution >= 4 is 29.4 Å². The molecular weight excluding hydrogens is 440 g/mol. The number of carbonyl (C=O) groups excluding carboxylic acids is 4. The van der Waals surface area contributed by atoms with E-state index < -0.39 is 60.2 Å². The topological polar surface area (TPSA) is 214 Å². The van der Waals surface area contributed by atoms with E-state index >= 15 is 0 Å². The zero-order valence-electron chi connectivity index (χ0n) is 19.1. The van der Waals surface area contributed by atoms with Gasteiger partial charge in [-0.25, -0.2) is 4.79 Å². The van der Waals surface area contributed by atoms with Crippen molar-refractivity contribution < 1.29 is 44.4 Å². The minimum absolute atomic E-state index is 0.185. The van der Waals surface area contributed by atoms with Crippen LogP contribution >= 0.6 is 0 Å². The number of carbonyl (C=O) groups is 5. The SMILES string of the molecule is CC(=O)[C@@H](O)NCCCCNC(=O)CC(O)(CC(=O)NCCCCN[C@H](O)C(C)=O)C(=O)O. The molecule has 190 valence electrons. The molecule has 0 aromatic heterocycles. The van der Waals surface area contributed by atoms with E-state index in [0.29, 0.717) is 38.8 Å². The molecule has 0 rings (SSSR count). The van der Waals surface area contributed by atoms with E-state index in [0.717, 1.165) is 0 Å². The molecular formula is C20H36N4O9. The van der Waals surface area contributed by atoms with Crippen molar-refractivity contribution in [2.45, 2.75) is 70.4 Å². The normalized spacial score (nSPS) is 13.1. The Morgan fingerprint density at radius 1 is 0.697 bits per heavy atom. The summed E-state index contributed by atoms with van der Waals surface area (Å²) in [5, 5.41) is 48.2. The number of hydrogen-bond donors (Lipinski definition) is 8. The van der Waals surface area contributed by atoms with Crippen LogP contribution < -0.4 is 21.3 Å². The quantitative estimate of drug-likeness (QED) is 0.0712. The zero-order valence-corrected chi connectivity index (χ0v) is 19.1. The van der Waals surface area contributed by atoms with Gasteiger partial charge in [0.15, 0.2) is 29.6 Å². The van der Waals surface area contributed by atoms with Gasteiger partial charge in [-0.2, -0.15) is 0 Å². The number of aliphatic hydroxyl groups is 3. The van der Waals surface area contributed by atoms with Crippen molar-refractivity contribution in [2.24, 2.45) is 0 Å². The van der Waals surface area contributed by atoms with Crippen LogP contribution in [0.2, 0.25) is 0 Å². The summed E-state index contributed by atoms with van der Waals surface area (Å²) in [5.41, 5.74) is -2.56. The van der Waals surface area contributed by atoms with E-state index in [-0.39, 0.29) is 13.1 Å². The molecule has 33 heavy (non-hydrogen) atoms. The highest BCUT2D eigenvalue weighted by Crippen LogP contribution is 2.16. The van der Waals surface area contributed by atoms with Gasteiger partial charge in [0.05, 0.1) is 12.8 Å². The maximum Gasteiger partial charge on any atom is 0.336 e. The Morgan fingerprint density at radius 2 is 1.03 bits per heavy atom. The first-order valence-electron chi connectivity index (χ1n) is 10.7. The third-order valence-corrected chi connectivity index (χ3v) is 4.60. The van der Waals surface area contributed by atoms with Gasteiger partial charge in [-0.15, -0.1) is 0 Å². The lowest BCUT2D eigenvalue weighted by molar-refractivity contribution is -0.164. The fraction of sp³-hybridized carbons (Fsp3) is 0.750. The van der Waals surface area contributed by atoms with Crippen LogP contribution in [0.25, 0.3) is 0 Å². The standard InChI is InChI=1S/C20H36N4O9/c1-13(25)17(29)23-9-5-3-7-21-15(27)11-20(33,19(31)32)12-16(28)22-8-4-6-10-24-18(30)14(2)26/h17-18,23-24,29-30,33H,3-12H2,1-2H3,(H,21,27)(H,22,28)(H,31,32)/t17-,18-/m1/s1. The molecule has 0 spiro atoms. The first kappa shape index (κ1) is 30.6. The molecule has 0 bridgehead atoms. The summed E-state index contributed by atoms with van der Waals surface area (Å²) < 4.78 is 0. The molecule has 0 aliphatic heterocycles. The molecule has 0 aromatic rings. The summed E-state index contributed by atoms with van der Waals surface area (Å²) in [7, 11) is 0. The van der Waals surface area contributed by atoms with Crippen molar-refractivity contribution in [1.82, 2.24) is 21.3 Å². The molecule has 0 saturated carbocycles. The van der Waals surface area contributed by atoms with E-state index in [1.54, 1.807) is 0 Å². The molecule has 2 amide bonds. The Balaban J connectivity index is 4.21. The molecule has 0 aliphatic carbocycles. The maximum atomic E-state index is 12.0. The molecule has 8 N–H and O–H groups in total. The van der Waals surface area contributed by atoms with E-state index in [4.69, 9.17) is 0 Å². The molecule has 13 nitrogen and oxygen atoms in total. The average Bonchev–Trinajstić information content (AvgIpc) is 2.72. The van der Waals surface area contributed by atoms with Gasteiger partial charge in [0, 0.05) is 13.1 Å². The van der Waals surface area contributed by atoms with Crippen LogP contribution in [0.15, 0.2) is 0 Å². The molecule has 0 radical (unpaired) electrons. The number of nitrogens with one attached hydrogen (secondary N) is 4. The van der Waals surface area contributed by atoms with Gasteiger partial charge in [0.2, 0.25) is 11.8 Å². The van der Waals surface area contributed by atoms with Crippen molar-refractivity contribution in [3.63, 3.8) is 0 Å². The van der Waals surface area contributed by atoms with Crippen molar-refractivity contribution in [3.8, 4) is 0 Å². The Labute approximate surface area is 192 Å². The predicted octanol–water partition coefficient (Wildman–Crippen LogP) is -2.63. The van der Waals surface area contributed by atoms with Crippen LogP contribution in [0.5, 0.6) is 0 Å². The highest BCUT2D eigenvalue weighted by molar-refractivity contribution is 5.91. The van der Waals surface area contributed by atoms with Crippen LogP contribution in [0.3, 0.4) is 0 Å². The summed E-state index contributed by atoms with van der Waals surface area (Å²) >= 11 is 0. The fourth-order valence-corrected chi connectivity index (χ4v) is 2.59. The second-order valence-electron chi connectivity index (χ2n) is 7.74. The summed E-state index contributed by atoms with van der Waals surface area (Å²) in [6, 6.07) is 0. The fourth-order valence-electron chi connectivity index (χ4n) is 2.59. The van der Waals surface area contributed by atoms with Gasteiger partial charge >= 0.3 is 5.97 Å². The van der Waals surface area contributed by atoms with Crippen LogP contribution in [-0.2, 0) is 24.0 Å². The van der Waals surface area contributed by atoms with E-state index in [2.05, 4.69) is 21.3 Å². The third-order valence-electron chi connectivity index (χ3n) is 4.60. The maximum absolute atomic E-state index is 12.0. The van der Waals surface area contributed by atoms with Crippen LogP contribution in [0.4, 0.5) is 0 Å². The van der Waals surface area contributed by atoms with Gasteiger partial charge in [0.1, 0.15) is 0 Å². The molecule has 0 aromatic carbocycles. The predicted molar refractivity (Wildman–Crippen MR) is 116 cm³/mol. The number of Topliss-reactive ketones (excluding diaryl/α,β-unsaturated/α-hetero) is 2. The minimum atomic E-state index is -2.56. The number of rotatable bonds is 19. The second-order valence-corrected chi connectivity index (χ2v) is 7.74.